The van der Waals surface area contributed by atoms with Crippen LogP contribution in [0.1, 0.15) is 39.2 Å². The first kappa shape index (κ1) is 14.7. The number of hydrogen-bond acceptors (Lipinski definition) is 3. The first-order valence-electron chi connectivity index (χ1n) is 6.29. The fourth-order valence-electron chi connectivity index (χ4n) is 1.58. The van der Waals surface area contributed by atoms with Crippen molar-refractivity contribution in [1.82, 2.24) is 15.1 Å². The van der Waals surface area contributed by atoms with Crippen LogP contribution in [0.5, 0.6) is 0 Å². The number of hydrogen-bond donors (Lipinski definition) is 2. The molecule has 0 saturated carbocycles. The maximum absolute atomic E-state index is 11.6. The number of nitrogens with one attached hydrogen (secondary N) is 1. The van der Waals surface area contributed by atoms with Crippen molar-refractivity contribution >= 4 is 5.91 Å². The number of aromatic nitrogens is 2. The summed E-state index contributed by atoms with van der Waals surface area (Å²) >= 11 is 0. The van der Waals surface area contributed by atoms with Gasteiger partial charge in [0.25, 0.3) is 0 Å². The first-order valence-corrected chi connectivity index (χ1v) is 6.29. The van der Waals surface area contributed by atoms with Gasteiger partial charge in [0.2, 0.25) is 5.91 Å². The van der Waals surface area contributed by atoms with Gasteiger partial charge in [0, 0.05) is 25.2 Å². The number of aliphatic hydroxyl groups is 1. The van der Waals surface area contributed by atoms with Gasteiger partial charge in [-0.2, -0.15) is 5.10 Å². The van der Waals surface area contributed by atoms with Gasteiger partial charge in [-0.3, -0.25) is 9.48 Å². The van der Waals surface area contributed by atoms with E-state index in [-0.39, 0.29) is 12.5 Å². The highest BCUT2D eigenvalue weighted by molar-refractivity contribution is 5.75. The molecule has 0 spiro atoms. The summed E-state index contributed by atoms with van der Waals surface area (Å²) in [5.41, 5.74) is -0.379. The summed E-state index contributed by atoms with van der Waals surface area (Å²) in [6, 6.07) is 0. The van der Waals surface area contributed by atoms with Crippen molar-refractivity contribution in [3.05, 3.63) is 18.0 Å². The highest BCUT2D eigenvalue weighted by Gasteiger charge is 2.25. The van der Waals surface area contributed by atoms with Crippen LogP contribution in [0.3, 0.4) is 0 Å². The molecule has 0 bridgehead atoms. The highest BCUT2D eigenvalue weighted by atomic mass is 16.3. The van der Waals surface area contributed by atoms with Crippen molar-refractivity contribution in [2.75, 3.05) is 6.54 Å². The third-order valence-electron chi connectivity index (χ3n) is 2.91. The van der Waals surface area contributed by atoms with Gasteiger partial charge in [0.05, 0.1) is 12.7 Å². The third kappa shape index (κ3) is 4.49. The Morgan fingerprint density at radius 3 is 2.78 bits per heavy atom. The lowest BCUT2D eigenvalue weighted by atomic mass is 9.99. The van der Waals surface area contributed by atoms with Gasteiger partial charge in [0.15, 0.2) is 0 Å². The predicted octanol–water partition coefficient (Wildman–Crippen LogP) is 1.18. The van der Waals surface area contributed by atoms with E-state index >= 15 is 0 Å². The lowest BCUT2D eigenvalue weighted by Gasteiger charge is -2.22. The molecule has 5 heteroatoms. The zero-order valence-corrected chi connectivity index (χ0v) is 11.6. The molecule has 1 rings (SSSR count). The van der Waals surface area contributed by atoms with Crippen LogP contribution in [0.15, 0.2) is 12.4 Å². The van der Waals surface area contributed by atoms with E-state index in [2.05, 4.69) is 24.3 Å². The van der Waals surface area contributed by atoms with E-state index in [0.29, 0.717) is 17.9 Å². The monoisotopic (exact) mass is 253 g/mol. The molecule has 0 aliphatic carbocycles. The number of aryl methyl sites for hydroxylation is 1. The van der Waals surface area contributed by atoms with Crippen molar-refractivity contribution in [1.29, 1.82) is 0 Å². The quantitative estimate of drug-likeness (QED) is 0.800. The van der Waals surface area contributed by atoms with Crippen LogP contribution in [0.2, 0.25) is 0 Å². The van der Waals surface area contributed by atoms with Gasteiger partial charge in [-0.05, 0) is 19.3 Å². The predicted molar refractivity (Wildman–Crippen MR) is 69.9 cm³/mol. The van der Waals surface area contributed by atoms with Crippen LogP contribution in [-0.4, -0.2) is 27.3 Å². The van der Waals surface area contributed by atoms with Crippen LogP contribution < -0.4 is 5.32 Å². The molecule has 18 heavy (non-hydrogen) atoms. The maximum atomic E-state index is 11.6. The summed E-state index contributed by atoms with van der Waals surface area (Å²) in [6.45, 7) is 6.04. The van der Waals surface area contributed by atoms with E-state index in [0.717, 1.165) is 6.42 Å². The zero-order valence-electron chi connectivity index (χ0n) is 11.6. The number of carbonyl (C=O) groups is 1. The average molecular weight is 253 g/mol. The molecule has 1 amide bonds. The van der Waals surface area contributed by atoms with Crippen molar-refractivity contribution in [3.8, 4) is 0 Å². The molecular weight excluding hydrogens is 230 g/mol. The minimum Gasteiger partial charge on any atom is -0.383 e. The molecule has 1 heterocycles. The molecule has 0 aliphatic rings. The van der Waals surface area contributed by atoms with E-state index in [1.165, 1.54) is 0 Å². The molecule has 0 radical (unpaired) electrons. The highest BCUT2D eigenvalue weighted by Crippen LogP contribution is 2.18. The van der Waals surface area contributed by atoms with E-state index in [1.807, 2.05) is 0 Å². The second kappa shape index (κ2) is 6.00. The molecule has 1 atom stereocenters. The second-order valence-electron chi connectivity index (χ2n) is 5.39. The normalized spacial score (nSPS) is 14.6. The summed E-state index contributed by atoms with van der Waals surface area (Å²) in [7, 11) is 1.79. The lowest BCUT2D eigenvalue weighted by molar-refractivity contribution is -0.122. The largest absolute Gasteiger partial charge is 0.383 e. The Morgan fingerprint density at radius 2 is 2.28 bits per heavy atom. The van der Waals surface area contributed by atoms with Gasteiger partial charge in [0.1, 0.15) is 5.60 Å². The molecule has 0 aliphatic heterocycles. The van der Waals surface area contributed by atoms with Crippen molar-refractivity contribution in [2.24, 2.45) is 13.0 Å². The van der Waals surface area contributed by atoms with Crippen LogP contribution in [0.25, 0.3) is 0 Å². The topological polar surface area (TPSA) is 67.2 Å². The molecule has 2 N–H and O–H groups in total. The molecule has 0 aromatic carbocycles. The Balaban J connectivity index is 2.44. The van der Waals surface area contributed by atoms with Crippen molar-refractivity contribution in [2.45, 2.75) is 39.2 Å². The van der Waals surface area contributed by atoms with Gasteiger partial charge in [-0.15, -0.1) is 0 Å². The number of amides is 1. The number of rotatable bonds is 6. The Bertz CT molecular complexity index is 397. The Hall–Kier alpha value is -1.36. The summed E-state index contributed by atoms with van der Waals surface area (Å²) in [5, 5.41) is 17.0. The zero-order chi connectivity index (χ0) is 13.8. The summed E-state index contributed by atoms with van der Waals surface area (Å²) in [6.07, 6.45) is 4.72. The summed E-state index contributed by atoms with van der Waals surface area (Å²) in [5.74, 6) is 0.488. The molecule has 5 nitrogen and oxygen atoms in total. The van der Waals surface area contributed by atoms with E-state index in [1.54, 1.807) is 31.0 Å². The lowest BCUT2D eigenvalue weighted by Crippen LogP contribution is -2.38. The minimum atomic E-state index is -1.08. The molecular formula is C13H23N3O2. The molecule has 102 valence electrons. The van der Waals surface area contributed by atoms with Crippen LogP contribution >= 0.6 is 0 Å². The Kier molecular flexibility index (Phi) is 4.90. The fraction of sp³-hybridized carbons (Fsp3) is 0.692. The SMILES string of the molecule is CC(C)CCC(=O)NCC(C)(O)c1cnn(C)c1. The standard InChI is InChI=1S/C13H23N3O2/c1-10(2)5-6-12(17)14-9-13(3,18)11-7-15-16(4)8-11/h7-8,10,18H,5-6,9H2,1-4H3,(H,14,17). The van der Waals surface area contributed by atoms with Crippen molar-refractivity contribution in [3.63, 3.8) is 0 Å². The van der Waals surface area contributed by atoms with E-state index in [9.17, 15) is 9.90 Å². The van der Waals surface area contributed by atoms with Crippen LogP contribution in [0, 0.1) is 5.92 Å². The number of carbonyl (C=O) groups excluding carboxylic acids is 1. The third-order valence-corrected chi connectivity index (χ3v) is 2.91. The average Bonchev–Trinajstić information content (AvgIpc) is 2.71. The van der Waals surface area contributed by atoms with Gasteiger partial charge in [-0.1, -0.05) is 13.8 Å². The van der Waals surface area contributed by atoms with E-state index in [4.69, 9.17) is 0 Å². The molecule has 1 aromatic rings. The molecule has 1 unspecified atom stereocenters. The van der Waals surface area contributed by atoms with Crippen LogP contribution in [0.4, 0.5) is 0 Å². The second-order valence-corrected chi connectivity index (χ2v) is 5.39. The smallest absolute Gasteiger partial charge is 0.220 e. The summed E-state index contributed by atoms with van der Waals surface area (Å²) < 4.78 is 1.63. The summed E-state index contributed by atoms with van der Waals surface area (Å²) in [4.78, 5) is 11.6. The van der Waals surface area contributed by atoms with Crippen molar-refractivity contribution < 1.29 is 9.90 Å². The molecule has 0 saturated heterocycles. The van der Waals surface area contributed by atoms with E-state index < -0.39 is 5.60 Å². The van der Waals surface area contributed by atoms with Gasteiger partial charge < -0.3 is 10.4 Å². The Morgan fingerprint density at radius 1 is 1.61 bits per heavy atom. The van der Waals surface area contributed by atoms with Gasteiger partial charge in [-0.25, -0.2) is 0 Å². The van der Waals surface area contributed by atoms with Crippen LogP contribution in [-0.2, 0) is 17.4 Å². The number of nitrogens with zero attached hydrogens (tertiary/aromatic N) is 2. The minimum absolute atomic E-state index is 0.0205. The fourth-order valence-corrected chi connectivity index (χ4v) is 1.58. The Labute approximate surface area is 108 Å². The first-order chi connectivity index (χ1) is 8.31. The van der Waals surface area contributed by atoms with Gasteiger partial charge >= 0.3 is 0 Å². The maximum Gasteiger partial charge on any atom is 0.220 e. The molecule has 1 aromatic heterocycles. The molecule has 0 fully saturated rings.